The highest BCUT2D eigenvalue weighted by Crippen LogP contribution is 2.16. The standard InChI is InChI=1S/C18H18N4O3/c1-12(13-8-9-21(2)11-13)19-17(23)16-10-15(18(24)25)20-22(16)14-6-4-3-5-7-14/h3-12H,1-2H3,(H,19,23)(H,24,25). The fourth-order valence-electron chi connectivity index (χ4n) is 2.55. The first-order chi connectivity index (χ1) is 12.0. The van der Waals surface area contributed by atoms with E-state index in [0.29, 0.717) is 5.69 Å². The van der Waals surface area contributed by atoms with Crippen molar-refractivity contribution in [2.45, 2.75) is 13.0 Å². The van der Waals surface area contributed by atoms with Crippen molar-refractivity contribution in [2.75, 3.05) is 0 Å². The third kappa shape index (κ3) is 3.45. The molecule has 128 valence electrons. The summed E-state index contributed by atoms with van der Waals surface area (Å²) in [5.41, 5.74) is 1.57. The molecule has 0 saturated carbocycles. The van der Waals surface area contributed by atoms with Crippen molar-refractivity contribution >= 4 is 11.9 Å². The van der Waals surface area contributed by atoms with E-state index in [4.69, 9.17) is 0 Å². The van der Waals surface area contributed by atoms with Gasteiger partial charge >= 0.3 is 5.97 Å². The molecule has 7 nitrogen and oxygen atoms in total. The quantitative estimate of drug-likeness (QED) is 0.747. The van der Waals surface area contributed by atoms with Crippen LogP contribution in [0.15, 0.2) is 54.9 Å². The molecule has 1 unspecified atom stereocenters. The largest absolute Gasteiger partial charge is 0.476 e. The van der Waals surface area contributed by atoms with Gasteiger partial charge in [-0.1, -0.05) is 18.2 Å². The lowest BCUT2D eigenvalue weighted by atomic mass is 10.2. The van der Waals surface area contributed by atoms with E-state index in [0.717, 1.165) is 5.56 Å². The van der Waals surface area contributed by atoms with Gasteiger partial charge in [0, 0.05) is 25.5 Å². The monoisotopic (exact) mass is 338 g/mol. The second kappa shape index (κ2) is 6.64. The van der Waals surface area contributed by atoms with Crippen LogP contribution in [-0.4, -0.2) is 31.3 Å². The Morgan fingerprint density at radius 1 is 1.20 bits per heavy atom. The zero-order valence-electron chi connectivity index (χ0n) is 13.9. The summed E-state index contributed by atoms with van der Waals surface area (Å²) in [6, 6.07) is 11.9. The van der Waals surface area contributed by atoms with Crippen molar-refractivity contribution in [3.63, 3.8) is 0 Å². The maximum absolute atomic E-state index is 12.7. The third-order valence-electron chi connectivity index (χ3n) is 3.86. The SMILES string of the molecule is CC(NC(=O)c1cc(C(=O)O)nn1-c1ccccc1)c1ccn(C)c1. The first kappa shape index (κ1) is 16.5. The molecule has 1 amide bonds. The van der Waals surface area contributed by atoms with Crippen LogP contribution in [0.4, 0.5) is 0 Å². The minimum atomic E-state index is -1.18. The summed E-state index contributed by atoms with van der Waals surface area (Å²) >= 11 is 0. The summed E-state index contributed by atoms with van der Waals surface area (Å²) in [6.07, 6.45) is 3.82. The van der Waals surface area contributed by atoms with Crippen LogP contribution in [0.5, 0.6) is 0 Å². The number of hydrogen-bond donors (Lipinski definition) is 2. The average Bonchev–Trinajstić information content (AvgIpc) is 3.22. The van der Waals surface area contributed by atoms with E-state index in [1.54, 1.807) is 24.3 Å². The minimum Gasteiger partial charge on any atom is -0.476 e. The highest BCUT2D eigenvalue weighted by molar-refractivity contribution is 5.96. The number of benzene rings is 1. The van der Waals surface area contributed by atoms with E-state index in [1.165, 1.54) is 10.7 Å². The van der Waals surface area contributed by atoms with Crippen LogP contribution in [0.25, 0.3) is 5.69 Å². The Balaban J connectivity index is 1.92. The van der Waals surface area contributed by atoms with Gasteiger partial charge in [0.15, 0.2) is 5.69 Å². The molecule has 3 aromatic rings. The maximum atomic E-state index is 12.7. The topological polar surface area (TPSA) is 89.2 Å². The number of hydrogen-bond acceptors (Lipinski definition) is 3. The number of carbonyl (C=O) groups excluding carboxylic acids is 1. The van der Waals surface area contributed by atoms with E-state index in [2.05, 4.69) is 10.4 Å². The predicted molar refractivity (Wildman–Crippen MR) is 91.8 cm³/mol. The van der Waals surface area contributed by atoms with Gasteiger partial charge in [0.1, 0.15) is 5.69 Å². The minimum absolute atomic E-state index is 0.173. The molecular weight excluding hydrogens is 320 g/mol. The third-order valence-corrected chi connectivity index (χ3v) is 3.86. The Hall–Kier alpha value is -3.35. The first-order valence-corrected chi connectivity index (χ1v) is 7.77. The highest BCUT2D eigenvalue weighted by atomic mass is 16.4. The number of nitrogens with zero attached hydrogens (tertiary/aromatic N) is 3. The molecule has 0 radical (unpaired) electrons. The molecule has 0 spiro atoms. The molecule has 0 aliphatic heterocycles. The molecule has 3 rings (SSSR count). The Morgan fingerprint density at radius 3 is 2.52 bits per heavy atom. The number of nitrogens with one attached hydrogen (secondary N) is 1. The number of rotatable bonds is 5. The maximum Gasteiger partial charge on any atom is 0.356 e. The molecule has 25 heavy (non-hydrogen) atoms. The van der Waals surface area contributed by atoms with Gasteiger partial charge in [-0.15, -0.1) is 0 Å². The van der Waals surface area contributed by atoms with Crippen molar-refractivity contribution in [1.82, 2.24) is 19.7 Å². The smallest absolute Gasteiger partial charge is 0.356 e. The fraction of sp³-hybridized carbons (Fsp3) is 0.167. The van der Waals surface area contributed by atoms with Crippen molar-refractivity contribution < 1.29 is 14.7 Å². The lowest BCUT2D eigenvalue weighted by Gasteiger charge is -2.13. The molecule has 2 heterocycles. The van der Waals surface area contributed by atoms with E-state index >= 15 is 0 Å². The molecule has 1 aromatic carbocycles. The lowest BCUT2D eigenvalue weighted by Crippen LogP contribution is -2.28. The van der Waals surface area contributed by atoms with Gasteiger partial charge in [-0.05, 0) is 30.7 Å². The van der Waals surface area contributed by atoms with Gasteiger partial charge in [0.25, 0.3) is 5.91 Å². The number of para-hydroxylation sites is 1. The molecule has 1 atom stereocenters. The molecule has 0 saturated heterocycles. The van der Waals surface area contributed by atoms with Crippen molar-refractivity contribution in [1.29, 1.82) is 0 Å². The van der Waals surface area contributed by atoms with E-state index in [1.807, 2.05) is 43.1 Å². The number of carboxylic acids is 1. The summed E-state index contributed by atoms with van der Waals surface area (Å²) in [6.45, 7) is 1.87. The summed E-state index contributed by atoms with van der Waals surface area (Å²) in [5, 5.41) is 16.1. The summed E-state index contributed by atoms with van der Waals surface area (Å²) in [7, 11) is 1.90. The molecule has 2 N–H and O–H groups in total. The predicted octanol–water partition coefficient (Wildman–Crippen LogP) is 2.40. The van der Waals surface area contributed by atoms with Crippen LogP contribution < -0.4 is 5.32 Å². The van der Waals surface area contributed by atoms with Crippen LogP contribution in [-0.2, 0) is 7.05 Å². The first-order valence-electron chi connectivity index (χ1n) is 7.77. The molecule has 2 aromatic heterocycles. The Labute approximate surface area is 144 Å². The normalized spacial score (nSPS) is 11.9. The molecule has 0 bridgehead atoms. The number of aryl methyl sites for hydroxylation is 1. The second-order valence-corrected chi connectivity index (χ2v) is 5.77. The Kier molecular flexibility index (Phi) is 4.38. The van der Waals surface area contributed by atoms with Crippen LogP contribution in [0.3, 0.4) is 0 Å². The lowest BCUT2D eigenvalue weighted by molar-refractivity contribution is 0.0689. The second-order valence-electron chi connectivity index (χ2n) is 5.77. The zero-order valence-corrected chi connectivity index (χ0v) is 13.9. The molecule has 7 heteroatoms. The number of aromatic nitrogens is 3. The van der Waals surface area contributed by atoms with Crippen molar-refractivity contribution in [3.8, 4) is 5.69 Å². The van der Waals surface area contributed by atoms with E-state index in [9.17, 15) is 14.7 Å². The van der Waals surface area contributed by atoms with Crippen LogP contribution in [0.2, 0.25) is 0 Å². The Morgan fingerprint density at radius 2 is 1.92 bits per heavy atom. The van der Waals surface area contributed by atoms with Crippen LogP contribution in [0.1, 0.15) is 39.5 Å². The summed E-state index contributed by atoms with van der Waals surface area (Å²) < 4.78 is 3.24. The van der Waals surface area contributed by atoms with Crippen LogP contribution in [0, 0.1) is 0 Å². The Bertz CT molecular complexity index is 912. The van der Waals surface area contributed by atoms with Gasteiger partial charge < -0.3 is 15.0 Å². The summed E-state index contributed by atoms with van der Waals surface area (Å²) in [5.74, 6) is -1.57. The average molecular weight is 338 g/mol. The molecular formula is C18H18N4O3. The molecule has 0 aliphatic carbocycles. The van der Waals surface area contributed by atoms with Gasteiger partial charge in [0.05, 0.1) is 11.7 Å². The van der Waals surface area contributed by atoms with E-state index in [-0.39, 0.29) is 23.3 Å². The van der Waals surface area contributed by atoms with Gasteiger partial charge in [-0.25, -0.2) is 9.48 Å². The zero-order chi connectivity index (χ0) is 18.0. The molecule has 0 aliphatic rings. The number of carboxylic acid groups (broad SMARTS) is 1. The van der Waals surface area contributed by atoms with Crippen molar-refractivity contribution in [2.24, 2.45) is 7.05 Å². The van der Waals surface area contributed by atoms with Crippen LogP contribution >= 0.6 is 0 Å². The fourth-order valence-corrected chi connectivity index (χ4v) is 2.55. The van der Waals surface area contributed by atoms with Gasteiger partial charge in [0.2, 0.25) is 0 Å². The number of carbonyl (C=O) groups is 2. The van der Waals surface area contributed by atoms with E-state index < -0.39 is 5.97 Å². The van der Waals surface area contributed by atoms with Gasteiger partial charge in [-0.3, -0.25) is 4.79 Å². The number of amides is 1. The molecule has 0 fully saturated rings. The highest BCUT2D eigenvalue weighted by Gasteiger charge is 2.21. The number of aromatic carboxylic acids is 1. The summed E-state index contributed by atoms with van der Waals surface area (Å²) in [4.78, 5) is 24.0. The van der Waals surface area contributed by atoms with Gasteiger partial charge in [-0.2, -0.15) is 5.10 Å². The van der Waals surface area contributed by atoms with Crippen molar-refractivity contribution in [3.05, 3.63) is 71.8 Å².